The molecule has 100 valence electrons. The minimum Gasteiger partial charge on any atom is -0.462 e. The van der Waals surface area contributed by atoms with Gasteiger partial charge in [0.25, 0.3) is 0 Å². The summed E-state index contributed by atoms with van der Waals surface area (Å²) in [5, 5.41) is 3.33. The van der Waals surface area contributed by atoms with Crippen LogP contribution in [0.15, 0.2) is 24.3 Å². The Morgan fingerprint density at radius 3 is 2.89 bits per heavy atom. The first-order valence-electron chi connectivity index (χ1n) is 6.20. The van der Waals surface area contributed by atoms with Crippen molar-refractivity contribution >= 4 is 11.7 Å². The molecule has 0 spiro atoms. The second kappa shape index (κ2) is 7.71. The van der Waals surface area contributed by atoms with Crippen LogP contribution < -0.4 is 5.32 Å². The predicted octanol–water partition coefficient (Wildman–Crippen LogP) is 2.70. The van der Waals surface area contributed by atoms with Crippen LogP contribution in [0.5, 0.6) is 0 Å². The summed E-state index contributed by atoms with van der Waals surface area (Å²) in [5.41, 5.74) is 1.49. The number of hydrogen-bond acceptors (Lipinski definition) is 4. The molecule has 0 bridgehead atoms. The van der Waals surface area contributed by atoms with E-state index in [0.29, 0.717) is 24.8 Å². The Morgan fingerprint density at radius 2 is 2.22 bits per heavy atom. The number of benzene rings is 1. The normalized spacial score (nSPS) is 11.9. The Morgan fingerprint density at radius 1 is 1.44 bits per heavy atom. The fraction of sp³-hybridized carbons (Fsp3) is 0.500. The average Bonchev–Trinajstić information content (AvgIpc) is 2.37. The van der Waals surface area contributed by atoms with Crippen molar-refractivity contribution in [3.05, 3.63) is 29.8 Å². The lowest BCUT2D eigenvalue weighted by atomic mass is 10.1. The minimum atomic E-state index is -0.286. The lowest BCUT2D eigenvalue weighted by molar-refractivity contribution is 0.0526. The molecule has 4 heteroatoms. The molecule has 1 unspecified atom stereocenters. The number of rotatable bonds is 7. The second-order valence-corrected chi connectivity index (χ2v) is 4.13. The lowest BCUT2D eigenvalue weighted by Crippen LogP contribution is -2.17. The van der Waals surface area contributed by atoms with Crippen molar-refractivity contribution in [1.82, 2.24) is 0 Å². The van der Waals surface area contributed by atoms with E-state index in [4.69, 9.17) is 9.47 Å². The fourth-order valence-corrected chi connectivity index (χ4v) is 1.60. The summed E-state index contributed by atoms with van der Waals surface area (Å²) < 4.78 is 10.00. The summed E-state index contributed by atoms with van der Waals surface area (Å²) in [4.78, 5) is 11.6. The highest BCUT2D eigenvalue weighted by molar-refractivity contribution is 5.90. The average molecular weight is 251 g/mol. The summed E-state index contributed by atoms with van der Waals surface area (Å²) in [7, 11) is 1.69. The van der Waals surface area contributed by atoms with E-state index in [2.05, 4.69) is 12.2 Å². The van der Waals surface area contributed by atoms with Crippen molar-refractivity contribution in [2.45, 2.75) is 26.3 Å². The smallest absolute Gasteiger partial charge is 0.338 e. The van der Waals surface area contributed by atoms with Crippen molar-refractivity contribution in [3.8, 4) is 0 Å². The molecule has 0 aliphatic rings. The van der Waals surface area contributed by atoms with Crippen LogP contribution in [-0.2, 0) is 9.47 Å². The zero-order valence-electron chi connectivity index (χ0n) is 11.2. The molecule has 4 nitrogen and oxygen atoms in total. The van der Waals surface area contributed by atoms with Gasteiger partial charge in [0.2, 0.25) is 0 Å². The van der Waals surface area contributed by atoms with Crippen molar-refractivity contribution in [2.75, 3.05) is 25.6 Å². The van der Waals surface area contributed by atoms with Gasteiger partial charge in [0.15, 0.2) is 0 Å². The second-order valence-electron chi connectivity index (χ2n) is 4.13. The molecule has 0 heterocycles. The molecule has 0 saturated heterocycles. The van der Waals surface area contributed by atoms with E-state index in [9.17, 15) is 4.79 Å². The zero-order chi connectivity index (χ0) is 13.4. The Kier molecular flexibility index (Phi) is 6.22. The van der Waals surface area contributed by atoms with Crippen LogP contribution in [0.2, 0.25) is 0 Å². The summed E-state index contributed by atoms with van der Waals surface area (Å²) in [5.74, 6) is -0.286. The van der Waals surface area contributed by atoms with Crippen LogP contribution in [0.1, 0.15) is 30.6 Å². The number of methoxy groups -OCH3 is 1. The van der Waals surface area contributed by atoms with Crippen LogP contribution in [-0.4, -0.2) is 32.3 Å². The number of nitrogens with one attached hydrogen (secondary N) is 1. The van der Waals surface area contributed by atoms with Crippen molar-refractivity contribution in [2.24, 2.45) is 0 Å². The maximum atomic E-state index is 11.6. The fourth-order valence-electron chi connectivity index (χ4n) is 1.60. The highest BCUT2D eigenvalue weighted by Gasteiger charge is 2.08. The molecular formula is C14H21NO3. The molecule has 0 amide bonds. The number of anilines is 1. The lowest BCUT2D eigenvalue weighted by Gasteiger charge is -2.15. The monoisotopic (exact) mass is 251 g/mol. The Labute approximate surface area is 108 Å². The molecule has 0 aromatic heterocycles. The summed E-state index contributed by atoms with van der Waals surface area (Å²) in [6.07, 6.45) is 0.917. The maximum Gasteiger partial charge on any atom is 0.338 e. The third kappa shape index (κ3) is 4.75. The first kappa shape index (κ1) is 14.5. The number of carbonyl (C=O) groups is 1. The number of hydrogen-bond donors (Lipinski definition) is 1. The Hall–Kier alpha value is -1.55. The van der Waals surface area contributed by atoms with Gasteiger partial charge in [-0.3, -0.25) is 0 Å². The quantitative estimate of drug-likeness (QED) is 0.757. The first-order valence-corrected chi connectivity index (χ1v) is 6.20. The van der Waals surface area contributed by atoms with Gasteiger partial charge < -0.3 is 14.8 Å². The molecule has 1 aromatic rings. The summed E-state index contributed by atoms with van der Waals surface area (Å²) >= 11 is 0. The third-order valence-corrected chi connectivity index (χ3v) is 2.54. The van der Waals surface area contributed by atoms with Gasteiger partial charge in [-0.1, -0.05) is 6.07 Å². The predicted molar refractivity (Wildman–Crippen MR) is 72.0 cm³/mol. The van der Waals surface area contributed by atoms with E-state index in [1.165, 1.54) is 0 Å². The molecule has 0 fully saturated rings. The molecule has 1 aromatic carbocycles. The Balaban J connectivity index is 2.61. The highest BCUT2D eigenvalue weighted by atomic mass is 16.5. The standard InChI is InChI=1S/C14H21NO3/c1-4-18-14(16)12-6-5-7-13(10-12)15-11(2)8-9-17-3/h5-7,10-11,15H,4,8-9H2,1-3H3. The van der Waals surface area contributed by atoms with Gasteiger partial charge in [-0.05, 0) is 38.5 Å². The summed E-state index contributed by atoms with van der Waals surface area (Å²) in [6.45, 7) is 4.98. The number of carbonyl (C=O) groups excluding carboxylic acids is 1. The van der Waals surface area contributed by atoms with E-state index >= 15 is 0 Å². The van der Waals surface area contributed by atoms with Gasteiger partial charge in [0.05, 0.1) is 12.2 Å². The largest absolute Gasteiger partial charge is 0.462 e. The van der Waals surface area contributed by atoms with Gasteiger partial charge in [-0.15, -0.1) is 0 Å². The third-order valence-electron chi connectivity index (χ3n) is 2.54. The number of esters is 1. The topological polar surface area (TPSA) is 47.6 Å². The molecule has 1 atom stereocenters. The van der Waals surface area contributed by atoms with Crippen LogP contribution in [0.25, 0.3) is 0 Å². The SMILES string of the molecule is CCOC(=O)c1cccc(NC(C)CCOC)c1. The van der Waals surface area contributed by atoms with E-state index in [-0.39, 0.29) is 5.97 Å². The van der Waals surface area contributed by atoms with Gasteiger partial charge in [-0.2, -0.15) is 0 Å². The zero-order valence-corrected chi connectivity index (χ0v) is 11.2. The van der Waals surface area contributed by atoms with Gasteiger partial charge >= 0.3 is 5.97 Å². The number of ether oxygens (including phenoxy) is 2. The molecule has 0 radical (unpaired) electrons. The van der Waals surface area contributed by atoms with Crippen molar-refractivity contribution < 1.29 is 14.3 Å². The summed E-state index contributed by atoms with van der Waals surface area (Å²) in [6, 6.07) is 7.64. The molecule has 1 N–H and O–H groups in total. The van der Waals surface area contributed by atoms with Gasteiger partial charge in [0, 0.05) is 25.4 Å². The van der Waals surface area contributed by atoms with Crippen LogP contribution in [0, 0.1) is 0 Å². The van der Waals surface area contributed by atoms with Crippen LogP contribution in [0.4, 0.5) is 5.69 Å². The van der Waals surface area contributed by atoms with Gasteiger partial charge in [0.1, 0.15) is 0 Å². The van der Waals surface area contributed by atoms with E-state index in [1.807, 2.05) is 12.1 Å². The van der Waals surface area contributed by atoms with Crippen LogP contribution in [0.3, 0.4) is 0 Å². The Bertz CT molecular complexity index is 379. The highest BCUT2D eigenvalue weighted by Crippen LogP contribution is 2.13. The molecule has 1 rings (SSSR count). The molecule has 0 aliphatic carbocycles. The molecular weight excluding hydrogens is 230 g/mol. The maximum absolute atomic E-state index is 11.6. The van der Waals surface area contributed by atoms with Crippen LogP contribution >= 0.6 is 0 Å². The van der Waals surface area contributed by atoms with E-state index < -0.39 is 0 Å². The van der Waals surface area contributed by atoms with Gasteiger partial charge in [-0.25, -0.2) is 4.79 Å². The minimum absolute atomic E-state index is 0.286. The molecule has 0 aliphatic heterocycles. The van der Waals surface area contributed by atoms with Crippen molar-refractivity contribution in [1.29, 1.82) is 0 Å². The molecule has 0 saturated carbocycles. The van der Waals surface area contributed by atoms with Crippen molar-refractivity contribution in [3.63, 3.8) is 0 Å². The van der Waals surface area contributed by atoms with E-state index in [0.717, 1.165) is 12.1 Å². The first-order chi connectivity index (χ1) is 8.67. The molecule has 18 heavy (non-hydrogen) atoms. The van der Waals surface area contributed by atoms with E-state index in [1.54, 1.807) is 26.2 Å².